The largest absolute Gasteiger partial charge is 0.433 e. The number of aliphatic hydroxyl groups excluding tert-OH is 1. The van der Waals surface area contributed by atoms with Crippen molar-refractivity contribution in [2.24, 2.45) is 5.92 Å². The Labute approximate surface area is 146 Å². The van der Waals surface area contributed by atoms with Crippen LogP contribution in [-0.2, 0) is 16.2 Å². The van der Waals surface area contributed by atoms with Crippen molar-refractivity contribution in [3.05, 3.63) is 46.4 Å². The molecule has 0 spiro atoms. The van der Waals surface area contributed by atoms with Gasteiger partial charge in [-0.25, -0.2) is 8.42 Å². The number of nitrogens with zero attached hydrogens (tertiary/aromatic N) is 2. The third kappa shape index (κ3) is 3.57. The molecule has 0 unspecified atom stereocenters. The van der Waals surface area contributed by atoms with Gasteiger partial charge < -0.3 is 5.11 Å². The van der Waals surface area contributed by atoms with Gasteiger partial charge in [-0.2, -0.15) is 28.8 Å². The van der Waals surface area contributed by atoms with Crippen molar-refractivity contribution in [1.82, 2.24) is 9.29 Å². The molecule has 0 aromatic carbocycles. The zero-order valence-electron chi connectivity index (χ0n) is 12.8. The molecule has 3 heterocycles. The van der Waals surface area contributed by atoms with E-state index < -0.39 is 21.9 Å². The summed E-state index contributed by atoms with van der Waals surface area (Å²) in [7, 11) is -3.97. The van der Waals surface area contributed by atoms with Crippen LogP contribution in [0.25, 0.3) is 0 Å². The number of hydrogen-bond donors (Lipinski definition) is 1. The number of aliphatic hydroxyl groups is 1. The summed E-state index contributed by atoms with van der Waals surface area (Å²) in [4.78, 5) is 2.93. The summed E-state index contributed by atoms with van der Waals surface area (Å²) in [6.45, 7) is 0.115. The maximum Gasteiger partial charge on any atom is 0.433 e. The highest BCUT2D eigenvalue weighted by molar-refractivity contribution is 7.89. The monoisotopic (exact) mass is 392 g/mol. The van der Waals surface area contributed by atoms with Gasteiger partial charge >= 0.3 is 6.18 Å². The summed E-state index contributed by atoms with van der Waals surface area (Å²) in [5, 5.41) is 13.3. The molecule has 2 atom stereocenters. The smallest absolute Gasteiger partial charge is 0.396 e. The third-order valence-electron chi connectivity index (χ3n) is 4.28. The second kappa shape index (κ2) is 6.67. The summed E-state index contributed by atoms with van der Waals surface area (Å²) < 4.78 is 64.3. The maximum atomic E-state index is 12.7. The first kappa shape index (κ1) is 18.3. The molecule has 0 aliphatic carbocycles. The summed E-state index contributed by atoms with van der Waals surface area (Å²) in [6, 6.07) is 3.45. The Morgan fingerprint density at radius 3 is 2.56 bits per heavy atom. The van der Waals surface area contributed by atoms with Crippen LogP contribution in [0, 0.1) is 5.92 Å². The Morgan fingerprint density at radius 2 is 2.04 bits per heavy atom. The van der Waals surface area contributed by atoms with Gasteiger partial charge in [-0.05, 0) is 34.5 Å². The Hall–Kier alpha value is -1.49. The van der Waals surface area contributed by atoms with Gasteiger partial charge in [0.15, 0.2) is 0 Å². The minimum atomic E-state index is -4.62. The number of aromatic nitrogens is 1. The van der Waals surface area contributed by atoms with Gasteiger partial charge in [0.2, 0.25) is 10.0 Å². The quantitative estimate of drug-likeness (QED) is 0.868. The van der Waals surface area contributed by atoms with Crippen molar-refractivity contribution in [2.75, 3.05) is 19.7 Å². The molecule has 10 heteroatoms. The van der Waals surface area contributed by atoms with E-state index in [4.69, 9.17) is 0 Å². The van der Waals surface area contributed by atoms with E-state index in [9.17, 15) is 26.7 Å². The number of hydrogen-bond acceptors (Lipinski definition) is 5. The molecule has 3 rings (SSSR count). The molecule has 1 N–H and O–H groups in total. The van der Waals surface area contributed by atoms with Gasteiger partial charge in [0.1, 0.15) is 10.6 Å². The lowest BCUT2D eigenvalue weighted by atomic mass is 9.92. The van der Waals surface area contributed by atoms with Gasteiger partial charge in [-0.3, -0.25) is 4.98 Å². The van der Waals surface area contributed by atoms with Crippen molar-refractivity contribution >= 4 is 21.4 Å². The first-order valence-electron chi connectivity index (χ1n) is 7.40. The Kier molecular flexibility index (Phi) is 4.89. The molecule has 136 valence electrons. The highest BCUT2D eigenvalue weighted by Crippen LogP contribution is 2.36. The summed E-state index contributed by atoms with van der Waals surface area (Å²) in [6.07, 6.45) is -3.90. The second-order valence-corrected chi connectivity index (χ2v) is 8.52. The predicted octanol–water partition coefficient (Wildman–Crippen LogP) is 2.56. The summed E-state index contributed by atoms with van der Waals surface area (Å²) in [5.74, 6) is -0.403. The first-order valence-corrected chi connectivity index (χ1v) is 9.78. The lowest BCUT2D eigenvalue weighted by Crippen LogP contribution is -2.29. The van der Waals surface area contributed by atoms with Gasteiger partial charge in [-0.1, -0.05) is 0 Å². The molecule has 0 saturated carbocycles. The van der Waals surface area contributed by atoms with Gasteiger partial charge in [-0.15, -0.1) is 0 Å². The molecular weight excluding hydrogens is 377 g/mol. The lowest BCUT2D eigenvalue weighted by molar-refractivity contribution is -0.141. The average Bonchev–Trinajstić information content (AvgIpc) is 3.23. The predicted molar refractivity (Wildman–Crippen MR) is 85.6 cm³/mol. The first-order chi connectivity index (χ1) is 11.7. The van der Waals surface area contributed by atoms with Crippen LogP contribution in [0.4, 0.5) is 13.2 Å². The molecule has 0 radical (unpaired) electrons. The lowest BCUT2D eigenvalue weighted by Gasteiger charge is -2.16. The Morgan fingerprint density at radius 1 is 1.28 bits per heavy atom. The minimum Gasteiger partial charge on any atom is -0.396 e. The number of rotatable bonds is 4. The third-order valence-corrected chi connectivity index (χ3v) is 6.79. The van der Waals surface area contributed by atoms with Crippen molar-refractivity contribution in [3.63, 3.8) is 0 Å². The summed E-state index contributed by atoms with van der Waals surface area (Å²) in [5.41, 5.74) is -0.190. The topological polar surface area (TPSA) is 70.5 Å². The average molecular weight is 392 g/mol. The van der Waals surface area contributed by atoms with Crippen molar-refractivity contribution < 1.29 is 26.7 Å². The molecule has 25 heavy (non-hydrogen) atoms. The Bertz CT molecular complexity index is 821. The van der Waals surface area contributed by atoms with Gasteiger partial charge in [0, 0.05) is 37.7 Å². The van der Waals surface area contributed by atoms with Crippen molar-refractivity contribution in [2.45, 2.75) is 17.0 Å². The zero-order valence-corrected chi connectivity index (χ0v) is 14.5. The Balaban J connectivity index is 1.85. The van der Waals surface area contributed by atoms with Crippen LogP contribution in [0.3, 0.4) is 0 Å². The highest BCUT2D eigenvalue weighted by atomic mass is 32.2. The highest BCUT2D eigenvalue weighted by Gasteiger charge is 2.40. The number of alkyl halides is 3. The minimum absolute atomic E-state index is 0.111. The SMILES string of the molecule is O=S(=O)(c1ccc(C(F)(F)F)nc1)N1C[C@H](CO)[C@@H](c2ccsc2)C1. The van der Waals surface area contributed by atoms with Crippen LogP contribution in [0.5, 0.6) is 0 Å². The van der Waals surface area contributed by atoms with Crippen LogP contribution in [0.15, 0.2) is 40.1 Å². The molecule has 1 saturated heterocycles. The van der Waals surface area contributed by atoms with E-state index >= 15 is 0 Å². The fraction of sp³-hybridized carbons (Fsp3) is 0.400. The van der Waals surface area contributed by atoms with E-state index in [0.29, 0.717) is 6.07 Å². The number of sulfonamides is 1. The molecular formula is C15H15F3N2O3S2. The molecule has 2 aromatic rings. The van der Waals surface area contributed by atoms with E-state index in [1.807, 2.05) is 16.8 Å². The molecule has 1 fully saturated rings. The summed E-state index contributed by atoms with van der Waals surface area (Å²) >= 11 is 1.48. The number of thiophene rings is 1. The number of pyridine rings is 1. The van der Waals surface area contributed by atoms with E-state index in [1.165, 1.54) is 15.6 Å². The fourth-order valence-electron chi connectivity index (χ4n) is 2.93. The normalized spacial score (nSPS) is 22.4. The van der Waals surface area contributed by atoms with Gasteiger partial charge in [0.25, 0.3) is 0 Å². The van der Waals surface area contributed by atoms with Crippen molar-refractivity contribution in [1.29, 1.82) is 0 Å². The van der Waals surface area contributed by atoms with E-state index in [2.05, 4.69) is 4.98 Å². The maximum absolute atomic E-state index is 12.7. The number of halogens is 3. The van der Waals surface area contributed by atoms with E-state index in [0.717, 1.165) is 17.8 Å². The van der Waals surface area contributed by atoms with Crippen LogP contribution in [-0.4, -0.2) is 42.5 Å². The molecule has 2 aromatic heterocycles. The zero-order chi connectivity index (χ0) is 18.2. The molecule has 0 amide bonds. The fourth-order valence-corrected chi connectivity index (χ4v) is 5.12. The van der Waals surface area contributed by atoms with Crippen LogP contribution >= 0.6 is 11.3 Å². The van der Waals surface area contributed by atoms with Crippen LogP contribution in [0.1, 0.15) is 17.2 Å². The standard InChI is InChI=1S/C15H15F3N2O3S2/c16-15(17,18)14-2-1-12(5-19-14)25(22,23)20-6-11(8-21)13(7-20)10-3-4-24-9-10/h1-5,9,11,13,21H,6-8H2/t11-,13-/m1/s1. The van der Waals surface area contributed by atoms with E-state index in [1.54, 1.807) is 0 Å². The van der Waals surface area contributed by atoms with Gasteiger partial charge in [0.05, 0.1) is 0 Å². The second-order valence-electron chi connectivity index (χ2n) is 5.80. The van der Waals surface area contributed by atoms with Crippen LogP contribution in [0.2, 0.25) is 0 Å². The van der Waals surface area contributed by atoms with Crippen molar-refractivity contribution in [3.8, 4) is 0 Å². The molecule has 1 aliphatic heterocycles. The van der Waals surface area contributed by atoms with Crippen LogP contribution < -0.4 is 0 Å². The van der Waals surface area contributed by atoms with E-state index in [-0.39, 0.29) is 36.4 Å². The molecule has 1 aliphatic rings. The molecule has 5 nitrogen and oxygen atoms in total. The molecule has 0 bridgehead atoms.